The maximum absolute atomic E-state index is 13.6. The molecule has 5 heteroatoms. The first-order chi connectivity index (χ1) is 9.16. The molecule has 1 atom stereocenters. The van der Waals surface area contributed by atoms with Gasteiger partial charge in [-0.1, -0.05) is 6.07 Å². The van der Waals surface area contributed by atoms with Gasteiger partial charge in [-0.25, -0.2) is 4.39 Å². The average Bonchev–Trinajstić information content (AvgIpc) is 2.37. The highest BCUT2D eigenvalue weighted by molar-refractivity contribution is 5.36. The van der Waals surface area contributed by atoms with Gasteiger partial charge >= 0.3 is 0 Å². The molecule has 19 heavy (non-hydrogen) atoms. The normalized spacial score (nSPS) is 12.4. The molecule has 0 aliphatic heterocycles. The summed E-state index contributed by atoms with van der Waals surface area (Å²) in [6.07, 6.45) is 0.849. The lowest BCUT2D eigenvalue weighted by Gasteiger charge is -2.14. The molecule has 0 saturated carbocycles. The predicted octanol–water partition coefficient (Wildman–Crippen LogP) is 2.28. The van der Waals surface area contributed by atoms with Crippen LogP contribution >= 0.6 is 0 Å². The molecule has 0 fully saturated rings. The minimum Gasteiger partial charge on any atom is -0.491 e. The lowest BCUT2D eigenvalue weighted by Crippen LogP contribution is -2.13. The van der Waals surface area contributed by atoms with E-state index in [0.29, 0.717) is 37.7 Å². The minimum atomic E-state index is -0.404. The highest BCUT2D eigenvalue weighted by Gasteiger charge is 2.13. The number of ether oxygens (including phenoxy) is 3. The van der Waals surface area contributed by atoms with E-state index in [1.54, 1.807) is 26.2 Å². The Kier molecular flexibility index (Phi) is 7.40. The molecule has 1 rings (SSSR count). The van der Waals surface area contributed by atoms with E-state index >= 15 is 0 Å². The molecule has 0 aliphatic carbocycles. The van der Waals surface area contributed by atoms with Crippen molar-refractivity contribution < 1.29 is 18.6 Å². The summed E-state index contributed by atoms with van der Waals surface area (Å²) in [5.74, 6) is 0.143. The lowest BCUT2D eigenvalue weighted by molar-refractivity contribution is 0.0802. The van der Waals surface area contributed by atoms with E-state index in [0.717, 1.165) is 6.42 Å². The van der Waals surface area contributed by atoms with E-state index in [2.05, 4.69) is 0 Å². The number of methoxy groups -OCH3 is 1. The molecule has 0 unspecified atom stereocenters. The number of rotatable bonds is 9. The first kappa shape index (κ1) is 15.9. The van der Waals surface area contributed by atoms with Gasteiger partial charge in [-0.2, -0.15) is 0 Å². The third-order valence-corrected chi connectivity index (χ3v) is 2.59. The molecule has 1 aromatic rings. The zero-order valence-corrected chi connectivity index (χ0v) is 11.5. The Morgan fingerprint density at radius 2 is 2.00 bits per heavy atom. The van der Waals surface area contributed by atoms with E-state index in [4.69, 9.17) is 19.9 Å². The summed E-state index contributed by atoms with van der Waals surface area (Å²) in [6, 6.07) is 4.30. The van der Waals surface area contributed by atoms with Gasteiger partial charge in [-0.05, 0) is 25.5 Å². The second kappa shape index (κ2) is 8.85. The van der Waals surface area contributed by atoms with Crippen molar-refractivity contribution in [3.8, 4) is 5.75 Å². The van der Waals surface area contributed by atoms with Crippen LogP contribution in [-0.4, -0.2) is 33.5 Å². The van der Waals surface area contributed by atoms with Crippen LogP contribution in [0.25, 0.3) is 0 Å². The van der Waals surface area contributed by atoms with Crippen LogP contribution in [0.4, 0.5) is 4.39 Å². The fraction of sp³-hybridized carbons (Fsp3) is 0.571. The highest BCUT2D eigenvalue weighted by atomic mass is 19.1. The zero-order valence-electron chi connectivity index (χ0n) is 11.5. The van der Waals surface area contributed by atoms with Gasteiger partial charge in [-0.3, -0.25) is 0 Å². The Balaban J connectivity index is 2.35. The lowest BCUT2D eigenvalue weighted by atomic mass is 10.1. The summed E-state index contributed by atoms with van der Waals surface area (Å²) in [4.78, 5) is 0. The number of halogens is 1. The first-order valence-corrected chi connectivity index (χ1v) is 6.40. The molecular formula is C14H22FNO3. The van der Waals surface area contributed by atoms with Gasteiger partial charge < -0.3 is 19.9 Å². The number of benzene rings is 1. The van der Waals surface area contributed by atoms with Gasteiger partial charge in [-0.15, -0.1) is 0 Å². The number of hydrogen-bond donors (Lipinski definition) is 1. The average molecular weight is 271 g/mol. The van der Waals surface area contributed by atoms with Crippen molar-refractivity contribution in [3.05, 3.63) is 29.6 Å². The van der Waals surface area contributed by atoms with Crippen LogP contribution in [0.15, 0.2) is 18.2 Å². The van der Waals surface area contributed by atoms with Gasteiger partial charge in [0.25, 0.3) is 0 Å². The third kappa shape index (κ3) is 5.55. The molecule has 0 spiro atoms. The molecule has 0 aromatic heterocycles. The summed E-state index contributed by atoms with van der Waals surface area (Å²) < 4.78 is 29.4. The van der Waals surface area contributed by atoms with Crippen LogP contribution in [0.3, 0.4) is 0 Å². The fourth-order valence-electron chi connectivity index (χ4n) is 1.70. The van der Waals surface area contributed by atoms with Crippen LogP contribution < -0.4 is 10.5 Å². The number of hydrogen-bond acceptors (Lipinski definition) is 4. The van der Waals surface area contributed by atoms with Crippen LogP contribution in [0.2, 0.25) is 0 Å². The van der Waals surface area contributed by atoms with E-state index in [9.17, 15) is 4.39 Å². The topological polar surface area (TPSA) is 53.7 Å². The summed E-state index contributed by atoms with van der Waals surface area (Å²) in [5.41, 5.74) is 6.14. The summed E-state index contributed by atoms with van der Waals surface area (Å²) in [5, 5.41) is 0. The van der Waals surface area contributed by atoms with Crippen molar-refractivity contribution in [2.24, 2.45) is 5.73 Å². The predicted molar refractivity (Wildman–Crippen MR) is 71.8 cm³/mol. The fourth-order valence-corrected chi connectivity index (χ4v) is 1.70. The standard InChI is InChI=1S/C14H22FNO3/c1-11(16)14-12(15)5-3-6-13(14)19-10-9-18-8-4-7-17-2/h3,5-6,11H,4,7-10,16H2,1-2H3/t11-/m0/s1. The van der Waals surface area contributed by atoms with Crippen LogP contribution in [0.5, 0.6) is 5.75 Å². The molecule has 0 aliphatic rings. The quantitative estimate of drug-likeness (QED) is 0.700. The largest absolute Gasteiger partial charge is 0.491 e. The van der Waals surface area contributed by atoms with Gasteiger partial charge in [0.05, 0.1) is 6.61 Å². The Morgan fingerprint density at radius 1 is 1.21 bits per heavy atom. The zero-order chi connectivity index (χ0) is 14.1. The summed E-state index contributed by atoms with van der Waals surface area (Å²) in [6.45, 7) is 3.86. The molecule has 0 radical (unpaired) electrons. The van der Waals surface area contributed by atoms with Gasteiger partial charge in [0.1, 0.15) is 18.2 Å². The monoisotopic (exact) mass is 271 g/mol. The SMILES string of the molecule is COCCCOCCOc1cccc(F)c1[C@H](C)N. The Labute approximate surface area is 113 Å². The van der Waals surface area contributed by atoms with E-state index in [1.807, 2.05) is 0 Å². The first-order valence-electron chi connectivity index (χ1n) is 6.40. The molecule has 0 saturated heterocycles. The molecule has 2 N–H and O–H groups in total. The Hall–Kier alpha value is -1.17. The van der Waals surface area contributed by atoms with Crippen LogP contribution in [0, 0.1) is 5.82 Å². The van der Waals surface area contributed by atoms with E-state index in [1.165, 1.54) is 6.07 Å². The Morgan fingerprint density at radius 3 is 2.68 bits per heavy atom. The van der Waals surface area contributed by atoms with Crippen molar-refractivity contribution >= 4 is 0 Å². The van der Waals surface area contributed by atoms with E-state index in [-0.39, 0.29) is 5.82 Å². The molecule has 0 bridgehead atoms. The minimum absolute atomic E-state index is 0.339. The molecule has 0 heterocycles. The number of nitrogens with two attached hydrogens (primary N) is 1. The maximum Gasteiger partial charge on any atom is 0.131 e. The summed E-state index contributed by atoms with van der Waals surface area (Å²) >= 11 is 0. The van der Waals surface area contributed by atoms with Crippen molar-refractivity contribution in [3.63, 3.8) is 0 Å². The van der Waals surface area contributed by atoms with Gasteiger partial charge in [0.15, 0.2) is 0 Å². The Bertz CT molecular complexity index is 372. The van der Waals surface area contributed by atoms with Crippen LogP contribution in [0.1, 0.15) is 24.9 Å². The molecule has 1 aromatic carbocycles. The molecule has 0 amide bonds. The van der Waals surface area contributed by atoms with Crippen LogP contribution in [-0.2, 0) is 9.47 Å². The second-order valence-electron chi connectivity index (χ2n) is 4.25. The summed E-state index contributed by atoms with van der Waals surface area (Å²) in [7, 11) is 1.66. The van der Waals surface area contributed by atoms with Crippen molar-refractivity contribution in [1.82, 2.24) is 0 Å². The third-order valence-electron chi connectivity index (χ3n) is 2.59. The van der Waals surface area contributed by atoms with E-state index < -0.39 is 6.04 Å². The maximum atomic E-state index is 13.6. The van der Waals surface area contributed by atoms with Crippen molar-refractivity contribution in [2.75, 3.05) is 33.5 Å². The van der Waals surface area contributed by atoms with Crippen molar-refractivity contribution in [1.29, 1.82) is 0 Å². The molecular weight excluding hydrogens is 249 g/mol. The molecule has 4 nitrogen and oxygen atoms in total. The van der Waals surface area contributed by atoms with Gasteiger partial charge in [0, 0.05) is 31.9 Å². The van der Waals surface area contributed by atoms with Gasteiger partial charge in [0.2, 0.25) is 0 Å². The highest BCUT2D eigenvalue weighted by Crippen LogP contribution is 2.26. The second-order valence-corrected chi connectivity index (χ2v) is 4.25. The smallest absolute Gasteiger partial charge is 0.131 e. The molecule has 108 valence electrons. The van der Waals surface area contributed by atoms with Crippen molar-refractivity contribution in [2.45, 2.75) is 19.4 Å².